The number of carbonyl (C=O) groups is 3. The Labute approximate surface area is 180 Å². The van der Waals surface area contributed by atoms with Crippen LogP contribution in [0.1, 0.15) is 36.7 Å². The molecule has 8 heteroatoms. The largest absolute Gasteiger partial charge is 0.340 e. The lowest BCUT2D eigenvalue weighted by Crippen LogP contribution is -2.51. The summed E-state index contributed by atoms with van der Waals surface area (Å²) in [6.45, 7) is 5.09. The van der Waals surface area contributed by atoms with E-state index in [1.54, 1.807) is 26.0 Å². The molecule has 0 radical (unpaired) electrons. The Hall–Kier alpha value is -3.29. The fraction of sp³-hybridized carbons (Fsp3) is 0.348. The molecule has 0 aliphatic heterocycles. The number of rotatable bonds is 8. The van der Waals surface area contributed by atoms with E-state index < -0.39 is 41.0 Å². The molecule has 0 aliphatic carbocycles. The molecule has 6 nitrogen and oxygen atoms in total. The Morgan fingerprint density at radius 2 is 1.61 bits per heavy atom. The molecule has 166 valence electrons. The van der Waals surface area contributed by atoms with Gasteiger partial charge in [-0.2, -0.15) is 0 Å². The van der Waals surface area contributed by atoms with Gasteiger partial charge in [-0.25, -0.2) is 8.78 Å². The van der Waals surface area contributed by atoms with Crippen LogP contribution in [-0.2, 0) is 16.0 Å². The van der Waals surface area contributed by atoms with E-state index in [0.29, 0.717) is 5.69 Å². The maximum absolute atomic E-state index is 13.9. The summed E-state index contributed by atoms with van der Waals surface area (Å²) in [5.41, 5.74) is 0.876. The van der Waals surface area contributed by atoms with E-state index in [9.17, 15) is 23.2 Å². The Balaban J connectivity index is 2.08. The van der Waals surface area contributed by atoms with E-state index in [0.717, 1.165) is 30.2 Å². The highest BCUT2D eigenvalue weighted by Gasteiger charge is 2.30. The van der Waals surface area contributed by atoms with Gasteiger partial charge in [-0.3, -0.25) is 14.4 Å². The van der Waals surface area contributed by atoms with Crippen LogP contribution in [0.3, 0.4) is 0 Å². The number of hydrogen-bond acceptors (Lipinski definition) is 3. The highest BCUT2D eigenvalue weighted by Crippen LogP contribution is 2.16. The summed E-state index contributed by atoms with van der Waals surface area (Å²) in [6.07, 6.45) is 0.735. The molecule has 0 bridgehead atoms. The van der Waals surface area contributed by atoms with Gasteiger partial charge in [0, 0.05) is 12.7 Å². The lowest BCUT2D eigenvalue weighted by atomic mass is 10.0. The molecule has 0 saturated heterocycles. The minimum atomic E-state index is -1.06. The van der Waals surface area contributed by atoms with Crippen LogP contribution in [0.5, 0.6) is 0 Å². The molecule has 0 aliphatic rings. The van der Waals surface area contributed by atoms with Gasteiger partial charge in [-0.15, -0.1) is 0 Å². The predicted molar refractivity (Wildman–Crippen MR) is 115 cm³/mol. The molecule has 2 aromatic rings. The quantitative estimate of drug-likeness (QED) is 0.673. The predicted octanol–water partition coefficient (Wildman–Crippen LogP) is 3.38. The standard InChI is InChI=1S/C23H27F2N3O3/c1-5-15-9-6-7-12-18(15)26-19(29)13-28(4)23(31)21(14(2)3)27-22(30)20-16(24)10-8-11-17(20)25/h6-12,14,21H,5,13H2,1-4H3,(H,26,29)(H,27,30)/t21-/m0/s1. The number of aryl methyl sites for hydroxylation is 1. The van der Waals surface area contributed by atoms with Gasteiger partial charge in [0.1, 0.15) is 23.2 Å². The molecule has 2 aromatic carbocycles. The summed E-state index contributed by atoms with van der Waals surface area (Å²) < 4.78 is 27.8. The maximum Gasteiger partial charge on any atom is 0.257 e. The van der Waals surface area contributed by atoms with Crippen molar-refractivity contribution >= 4 is 23.4 Å². The van der Waals surface area contributed by atoms with Crippen LogP contribution in [0.2, 0.25) is 0 Å². The maximum atomic E-state index is 13.9. The Morgan fingerprint density at radius 1 is 1.00 bits per heavy atom. The minimum absolute atomic E-state index is 0.246. The van der Waals surface area contributed by atoms with Crippen molar-refractivity contribution in [3.63, 3.8) is 0 Å². The van der Waals surface area contributed by atoms with Crippen molar-refractivity contribution in [1.82, 2.24) is 10.2 Å². The first kappa shape index (κ1) is 24.0. The van der Waals surface area contributed by atoms with Crippen LogP contribution in [0.15, 0.2) is 42.5 Å². The number of amides is 3. The molecular weight excluding hydrogens is 404 g/mol. The fourth-order valence-corrected chi connectivity index (χ4v) is 3.11. The number of benzene rings is 2. The summed E-state index contributed by atoms with van der Waals surface area (Å²) in [7, 11) is 1.43. The van der Waals surface area contributed by atoms with Crippen LogP contribution >= 0.6 is 0 Å². The molecule has 2 N–H and O–H groups in total. The average Bonchev–Trinajstić information content (AvgIpc) is 2.71. The second-order valence-corrected chi connectivity index (χ2v) is 7.54. The van der Waals surface area contributed by atoms with Crippen molar-refractivity contribution in [3.05, 3.63) is 65.2 Å². The first-order valence-electron chi connectivity index (χ1n) is 10.0. The Bertz CT molecular complexity index is 943. The first-order chi connectivity index (χ1) is 14.6. The lowest BCUT2D eigenvalue weighted by molar-refractivity contribution is -0.135. The topological polar surface area (TPSA) is 78.5 Å². The molecule has 0 unspecified atom stereocenters. The van der Waals surface area contributed by atoms with Gasteiger partial charge in [0.25, 0.3) is 5.91 Å². The second-order valence-electron chi connectivity index (χ2n) is 7.54. The normalized spacial score (nSPS) is 11.7. The number of nitrogens with zero attached hydrogens (tertiary/aromatic N) is 1. The molecule has 2 rings (SSSR count). The fourth-order valence-electron chi connectivity index (χ4n) is 3.11. The number of hydrogen-bond donors (Lipinski definition) is 2. The molecule has 0 spiro atoms. The number of nitrogens with one attached hydrogen (secondary N) is 2. The van der Waals surface area contributed by atoms with E-state index >= 15 is 0 Å². The third-order valence-corrected chi connectivity index (χ3v) is 4.84. The van der Waals surface area contributed by atoms with Crippen LogP contribution < -0.4 is 10.6 Å². The summed E-state index contributed by atoms with van der Waals surface area (Å²) in [4.78, 5) is 38.9. The second kappa shape index (κ2) is 10.7. The van der Waals surface area contributed by atoms with E-state index in [-0.39, 0.29) is 12.5 Å². The van der Waals surface area contributed by atoms with Crippen LogP contribution in [0.4, 0.5) is 14.5 Å². The van der Waals surface area contributed by atoms with E-state index in [1.807, 2.05) is 19.1 Å². The number of likely N-dealkylation sites (N-methyl/N-ethyl adjacent to an activating group) is 1. The van der Waals surface area contributed by atoms with E-state index in [2.05, 4.69) is 10.6 Å². The van der Waals surface area contributed by atoms with Crippen LogP contribution in [0.25, 0.3) is 0 Å². The molecule has 1 atom stereocenters. The van der Waals surface area contributed by atoms with Crippen LogP contribution in [0, 0.1) is 17.6 Å². The molecule has 3 amide bonds. The molecule has 0 saturated carbocycles. The average molecular weight is 431 g/mol. The smallest absolute Gasteiger partial charge is 0.257 e. The van der Waals surface area contributed by atoms with Crippen LogP contribution in [-0.4, -0.2) is 42.3 Å². The SMILES string of the molecule is CCc1ccccc1NC(=O)CN(C)C(=O)[C@@H](NC(=O)c1c(F)cccc1F)C(C)C. The van der Waals surface area contributed by atoms with Gasteiger partial charge in [0.2, 0.25) is 11.8 Å². The van der Waals surface area contributed by atoms with Crippen molar-refractivity contribution in [2.75, 3.05) is 18.9 Å². The number of para-hydroxylation sites is 1. The van der Waals surface area contributed by atoms with Crippen molar-refractivity contribution < 1.29 is 23.2 Å². The van der Waals surface area contributed by atoms with Gasteiger partial charge >= 0.3 is 0 Å². The highest BCUT2D eigenvalue weighted by atomic mass is 19.1. The Morgan fingerprint density at radius 3 is 2.19 bits per heavy atom. The zero-order chi connectivity index (χ0) is 23.1. The summed E-state index contributed by atoms with van der Waals surface area (Å²) in [5, 5.41) is 5.17. The van der Waals surface area contributed by atoms with Crippen molar-refractivity contribution in [2.45, 2.75) is 33.2 Å². The molecule has 31 heavy (non-hydrogen) atoms. The van der Waals surface area contributed by atoms with Gasteiger partial charge in [-0.05, 0) is 36.1 Å². The Kier molecular flexibility index (Phi) is 8.24. The monoisotopic (exact) mass is 431 g/mol. The lowest BCUT2D eigenvalue weighted by Gasteiger charge is -2.27. The highest BCUT2D eigenvalue weighted by molar-refractivity contribution is 5.99. The first-order valence-corrected chi connectivity index (χ1v) is 10.0. The summed E-state index contributed by atoms with van der Waals surface area (Å²) in [6, 6.07) is 9.37. The minimum Gasteiger partial charge on any atom is -0.340 e. The zero-order valence-electron chi connectivity index (χ0n) is 18.0. The third-order valence-electron chi connectivity index (χ3n) is 4.84. The van der Waals surface area contributed by atoms with Gasteiger partial charge < -0.3 is 15.5 Å². The van der Waals surface area contributed by atoms with Crippen molar-refractivity contribution in [1.29, 1.82) is 0 Å². The van der Waals surface area contributed by atoms with E-state index in [1.165, 1.54) is 11.9 Å². The van der Waals surface area contributed by atoms with Gasteiger partial charge in [0.05, 0.1) is 6.54 Å². The number of anilines is 1. The van der Waals surface area contributed by atoms with Crippen molar-refractivity contribution in [3.8, 4) is 0 Å². The van der Waals surface area contributed by atoms with E-state index in [4.69, 9.17) is 0 Å². The van der Waals surface area contributed by atoms with Gasteiger partial charge in [0.15, 0.2) is 0 Å². The summed E-state index contributed by atoms with van der Waals surface area (Å²) in [5.74, 6) is -4.38. The molecule has 0 fully saturated rings. The van der Waals surface area contributed by atoms with Crippen molar-refractivity contribution in [2.24, 2.45) is 5.92 Å². The molecule has 0 heterocycles. The van der Waals surface area contributed by atoms with Gasteiger partial charge in [-0.1, -0.05) is 45.0 Å². The number of halogens is 2. The molecule has 0 aromatic heterocycles. The number of carbonyl (C=O) groups excluding carboxylic acids is 3. The zero-order valence-corrected chi connectivity index (χ0v) is 18.0. The summed E-state index contributed by atoms with van der Waals surface area (Å²) >= 11 is 0. The molecular formula is C23H27F2N3O3. The third kappa shape index (κ3) is 6.10.